The highest BCUT2D eigenvalue weighted by Crippen LogP contribution is 2.31. The Hall–Kier alpha value is -1.81. The lowest BCUT2D eigenvalue weighted by Gasteiger charge is -2.36. The van der Waals surface area contributed by atoms with Gasteiger partial charge < -0.3 is 4.90 Å². The van der Waals surface area contributed by atoms with E-state index in [1.54, 1.807) is 6.20 Å². The molecule has 1 atom stereocenters. The Bertz CT molecular complexity index is 682. The minimum absolute atomic E-state index is 0.156. The molecule has 0 N–H and O–H groups in total. The van der Waals surface area contributed by atoms with Crippen LogP contribution < -0.4 is 0 Å². The number of rotatable bonds is 4. The molecule has 1 fully saturated rings. The molecule has 23 heavy (non-hydrogen) atoms. The summed E-state index contributed by atoms with van der Waals surface area (Å²) in [6, 6.07) is 9.92. The second-order valence-corrected chi connectivity index (χ2v) is 6.54. The predicted molar refractivity (Wildman–Crippen MR) is 91.3 cm³/mol. The minimum Gasteiger partial charge on any atom is -0.334 e. The number of piperidine rings is 1. The maximum Gasteiger partial charge on any atom is 0.223 e. The van der Waals surface area contributed by atoms with E-state index in [1.165, 1.54) is 0 Å². The van der Waals surface area contributed by atoms with E-state index < -0.39 is 0 Å². The molecule has 0 spiro atoms. The van der Waals surface area contributed by atoms with Gasteiger partial charge in [0, 0.05) is 31.2 Å². The smallest absolute Gasteiger partial charge is 0.223 e. The number of carbonyl (C=O) groups excluding carboxylic acids is 1. The topological polar surface area (TPSA) is 38.1 Å². The summed E-state index contributed by atoms with van der Waals surface area (Å²) in [7, 11) is 1.94. The first-order valence-corrected chi connectivity index (χ1v) is 8.55. The number of nitrogens with zero attached hydrogens (tertiary/aromatic N) is 3. The van der Waals surface area contributed by atoms with Crippen molar-refractivity contribution in [2.24, 2.45) is 7.05 Å². The minimum atomic E-state index is 0.156. The molecule has 3 rings (SSSR count). The van der Waals surface area contributed by atoms with Crippen LogP contribution in [-0.2, 0) is 18.3 Å². The van der Waals surface area contributed by atoms with Gasteiger partial charge in [0.1, 0.15) is 0 Å². The SMILES string of the molecule is Cn1nccc1C1CCCCN1C(=O)CCc1cccc(Cl)c1. The molecule has 2 heterocycles. The second-order valence-electron chi connectivity index (χ2n) is 6.11. The van der Waals surface area contributed by atoms with Crippen LogP contribution in [0.3, 0.4) is 0 Å². The molecule has 1 aliphatic heterocycles. The first kappa shape index (κ1) is 16.1. The van der Waals surface area contributed by atoms with Gasteiger partial charge in [0.25, 0.3) is 0 Å². The van der Waals surface area contributed by atoms with Gasteiger partial charge in [-0.1, -0.05) is 23.7 Å². The average Bonchev–Trinajstić information content (AvgIpc) is 2.98. The normalized spacial score (nSPS) is 18.2. The molecule has 0 radical (unpaired) electrons. The quantitative estimate of drug-likeness (QED) is 0.855. The molecule has 4 nitrogen and oxygen atoms in total. The second kappa shape index (κ2) is 7.18. The van der Waals surface area contributed by atoms with Gasteiger partial charge in [-0.15, -0.1) is 0 Å². The third-order valence-electron chi connectivity index (χ3n) is 4.54. The van der Waals surface area contributed by atoms with Crippen molar-refractivity contribution < 1.29 is 4.79 Å². The summed E-state index contributed by atoms with van der Waals surface area (Å²) in [4.78, 5) is 14.8. The molecule has 1 saturated heterocycles. The van der Waals surface area contributed by atoms with Gasteiger partial charge in [-0.25, -0.2) is 0 Å². The van der Waals surface area contributed by atoms with Crippen LogP contribution in [0.4, 0.5) is 0 Å². The molecular formula is C18H22ClN3O. The van der Waals surface area contributed by atoms with Gasteiger partial charge in [-0.05, 0) is 49.4 Å². The van der Waals surface area contributed by atoms with Crippen LogP contribution in [0.1, 0.15) is 43.0 Å². The van der Waals surface area contributed by atoms with Crippen LogP contribution in [-0.4, -0.2) is 27.1 Å². The van der Waals surface area contributed by atoms with Crippen molar-refractivity contribution in [2.45, 2.75) is 38.1 Å². The highest BCUT2D eigenvalue weighted by Gasteiger charge is 2.29. The fraction of sp³-hybridized carbons (Fsp3) is 0.444. The van der Waals surface area contributed by atoms with Crippen LogP contribution >= 0.6 is 11.6 Å². The summed E-state index contributed by atoms with van der Waals surface area (Å²) < 4.78 is 1.88. The number of likely N-dealkylation sites (tertiary alicyclic amines) is 1. The van der Waals surface area contributed by atoms with Gasteiger partial charge in [0.15, 0.2) is 0 Å². The number of carbonyl (C=O) groups is 1. The lowest BCUT2D eigenvalue weighted by Crippen LogP contribution is -2.39. The zero-order valence-corrected chi connectivity index (χ0v) is 14.2. The van der Waals surface area contributed by atoms with Gasteiger partial charge in [0.2, 0.25) is 5.91 Å². The number of halogens is 1. The van der Waals surface area contributed by atoms with E-state index >= 15 is 0 Å². The number of benzene rings is 1. The number of aromatic nitrogens is 2. The molecule has 1 aromatic heterocycles. The summed E-state index contributed by atoms with van der Waals surface area (Å²) in [5, 5.41) is 4.98. The first-order chi connectivity index (χ1) is 11.1. The van der Waals surface area contributed by atoms with Gasteiger partial charge in [0.05, 0.1) is 11.7 Å². The van der Waals surface area contributed by atoms with Crippen molar-refractivity contribution >= 4 is 17.5 Å². The average molecular weight is 332 g/mol. The highest BCUT2D eigenvalue weighted by atomic mass is 35.5. The molecule has 122 valence electrons. The maximum absolute atomic E-state index is 12.7. The maximum atomic E-state index is 12.7. The third-order valence-corrected chi connectivity index (χ3v) is 4.78. The van der Waals surface area contributed by atoms with Crippen molar-refractivity contribution in [3.63, 3.8) is 0 Å². The van der Waals surface area contributed by atoms with Crippen LogP contribution in [0.15, 0.2) is 36.5 Å². The van der Waals surface area contributed by atoms with E-state index in [-0.39, 0.29) is 11.9 Å². The summed E-state index contributed by atoms with van der Waals surface area (Å²) in [6.07, 6.45) is 6.31. The molecule has 0 saturated carbocycles. The Labute approximate surface area is 142 Å². The van der Waals surface area contributed by atoms with Crippen molar-refractivity contribution in [1.29, 1.82) is 0 Å². The van der Waals surface area contributed by atoms with Crippen LogP contribution in [0.25, 0.3) is 0 Å². The van der Waals surface area contributed by atoms with E-state index in [9.17, 15) is 4.79 Å². The number of hydrogen-bond acceptors (Lipinski definition) is 2. The molecule has 2 aromatic rings. The largest absolute Gasteiger partial charge is 0.334 e. The molecule has 1 aliphatic rings. The van der Waals surface area contributed by atoms with E-state index in [1.807, 2.05) is 47.0 Å². The Balaban J connectivity index is 1.68. The molecule has 0 bridgehead atoms. The molecular weight excluding hydrogens is 310 g/mol. The molecule has 5 heteroatoms. The number of aryl methyl sites for hydroxylation is 2. The van der Waals surface area contributed by atoms with Crippen molar-refractivity contribution in [1.82, 2.24) is 14.7 Å². The van der Waals surface area contributed by atoms with Crippen LogP contribution in [0.5, 0.6) is 0 Å². The van der Waals surface area contributed by atoms with Crippen LogP contribution in [0, 0.1) is 0 Å². The van der Waals surface area contributed by atoms with Gasteiger partial charge in [-0.2, -0.15) is 5.10 Å². The fourth-order valence-corrected chi connectivity index (χ4v) is 3.55. The molecule has 1 amide bonds. The molecule has 0 aliphatic carbocycles. The van der Waals surface area contributed by atoms with E-state index in [0.717, 1.165) is 48.5 Å². The summed E-state index contributed by atoms with van der Waals surface area (Å²) in [5.74, 6) is 0.218. The molecule has 1 aromatic carbocycles. The standard InChI is InChI=1S/C18H22ClN3O/c1-21-16(10-11-20-21)17-7-2-3-12-22(17)18(23)9-8-14-5-4-6-15(19)13-14/h4-6,10-11,13,17H,2-3,7-9,12H2,1H3. The number of amides is 1. The number of hydrogen-bond donors (Lipinski definition) is 0. The Morgan fingerprint density at radius 3 is 2.96 bits per heavy atom. The monoisotopic (exact) mass is 331 g/mol. The fourth-order valence-electron chi connectivity index (χ4n) is 3.34. The first-order valence-electron chi connectivity index (χ1n) is 8.17. The lowest BCUT2D eigenvalue weighted by molar-refractivity contribution is -0.135. The van der Waals surface area contributed by atoms with E-state index in [4.69, 9.17) is 11.6 Å². The summed E-state index contributed by atoms with van der Waals surface area (Å²) in [6.45, 7) is 0.838. The Morgan fingerprint density at radius 2 is 2.22 bits per heavy atom. The van der Waals surface area contributed by atoms with Crippen molar-refractivity contribution in [2.75, 3.05) is 6.54 Å². The van der Waals surface area contributed by atoms with E-state index in [2.05, 4.69) is 5.10 Å². The van der Waals surface area contributed by atoms with Crippen molar-refractivity contribution in [3.8, 4) is 0 Å². The molecule has 1 unspecified atom stereocenters. The van der Waals surface area contributed by atoms with E-state index in [0.29, 0.717) is 6.42 Å². The Morgan fingerprint density at radius 1 is 1.35 bits per heavy atom. The van der Waals surface area contributed by atoms with Gasteiger partial charge in [-0.3, -0.25) is 9.48 Å². The summed E-state index contributed by atoms with van der Waals surface area (Å²) in [5.41, 5.74) is 2.24. The third kappa shape index (κ3) is 3.75. The Kier molecular flexibility index (Phi) is 5.01. The highest BCUT2D eigenvalue weighted by molar-refractivity contribution is 6.30. The summed E-state index contributed by atoms with van der Waals surface area (Å²) >= 11 is 6.01. The zero-order chi connectivity index (χ0) is 16.2. The van der Waals surface area contributed by atoms with Gasteiger partial charge >= 0.3 is 0 Å². The predicted octanol–water partition coefficient (Wildman–Crippen LogP) is 3.76. The zero-order valence-electron chi connectivity index (χ0n) is 13.4. The van der Waals surface area contributed by atoms with Crippen molar-refractivity contribution in [3.05, 3.63) is 52.8 Å². The lowest BCUT2D eigenvalue weighted by atomic mass is 9.98. The van der Waals surface area contributed by atoms with Crippen LogP contribution in [0.2, 0.25) is 5.02 Å².